The molecule has 0 bridgehead atoms. The third-order valence-corrected chi connectivity index (χ3v) is 4.59. The van der Waals surface area contributed by atoms with E-state index in [9.17, 15) is 9.90 Å². The first-order chi connectivity index (χ1) is 8.58. The largest absolute Gasteiger partial charge is 0.478 e. The zero-order valence-electron chi connectivity index (χ0n) is 9.11. The Morgan fingerprint density at radius 3 is 2.67 bits per heavy atom. The monoisotopic (exact) mass is 389 g/mol. The van der Waals surface area contributed by atoms with Gasteiger partial charge in [-0.25, -0.2) is 4.79 Å². The molecule has 2 aromatic rings. The van der Waals surface area contributed by atoms with Gasteiger partial charge in [-0.05, 0) is 56.1 Å². The van der Waals surface area contributed by atoms with Crippen molar-refractivity contribution in [3.8, 4) is 0 Å². The van der Waals surface area contributed by atoms with Crippen LogP contribution >= 0.6 is 43.2 Å². The number of aromatic carboxylic acids is 1. The van der Waals surface area contributed by atoms with Crippen LogP contribution in [0.3, 0.4) is 0 Å². The molecule has 0 saturated carbocycles. The molecule has 0 aliphatic rings. The van der Waals surface area contributed by atoms with Crippen LogP contribution in [0.5, 0.6) is 0 Å². The van der Waals surface area contributed by atoms with Crippen LogP contribution in [0.4, 0.5) is 5.69 Å². The van der Waals surface area contributed by atoms with Crippen LogP contribution in [-0.4, -0.2) is 11.1 Å². The van der Waals surface area contributed by atoms with Crippen LogP contribution in [0.25, 0.3) is 0 Å². The Morgan fingerprint density at radius 1 is 1.28 bits per heavy atom. The lowest BCUT2D eigenvalue weighted by Crippen LogP contribution is -2.06. The molecule has 3 nitrogen and oxygen atoms in total. The number of anilines is 1. The van der Waals surface area contributed by atoms with Crippen LogP contribution in [-0.2, 0) is 6.54 Å². The summed E-state index contributed by atoms with van der Waals surface area (Å²) >= 11 is 8.27. The normalized spacial score (nSPS) is 10.3. The predicted octanol–water partition coefficient (Wildman–Crippen LogP) is 4.58. The second-order valence-corrected chi connectivity index (χ2v) is 6.93. The molecule has 0 unspecified atom stereocenters. The van der Waals surface area contributed by atoms with Gasteiger partial charge in [-0.2, -0.15) is 0 Å². The van der Waals surface area contributed by atoms with E-state index in [0.717, 1.165) is 8.66 Å². The first-order valence-corrected chi connectivity index (χ1v) is 7.48. The number of hydrogen-bond acceptors (Lipinski definition) is 3. The van der Waals surface area contributed by atoms with E-state index < -0.39 is 5.97 Å². The summed E-state index contributed by atoms with van der Waals surface area (Å²) in [6, 6.07) is 9.26. The van der Waals surface area contributed by atoms with Crippen LogP contribution < -0.4 is 5.32 Å². The van der Waals surface area contributed by atoms with Gasteiger partial charge in [0.15, 0.2) is 0 Å². The molecule has 0 amide bonds. The summed E-state index contributed by atoms with van der Waals surface area (Å²) in [5, 5.41) is 12.3. The Morgan fingerprint density at radius 2 is 2.06 bits per heavy atom. The van der Waals surface area contributed by atoms with E-state index in [-0.39, 0.29) is 5.56 Å². The van der Waals surface area contributed by atoms with E-state index >= 15 is 0 Å². The Balaban J connectivity index is 2.19. The maximum atomic E-state index is 11.2. The Hall–Kier alpha value is -0.850. The number of thiophene rings is 1. The van der Waals surface area contributed by atoms with Crippen molar-refractivity contribution in [2.24, 2.45) is 0 Å². The number of rotatable bonds is 4. The topological polar surface area (TPSA) is 49.3 Å². The lowest BCUT2D eigenvalue weighted by molar-refractivity contribution is 0.0697. The molecule has 1 heterocycles. The molecule has 0 aliphatic heterocycles. The zero-order valence-corrected chi connectivity index (χ0v) is 13.1. The van der Waals surface area contributed by atoms with E-state index in [1.165, 1.54) is 0 Å². The van der Waals surface area contributed by atoms with Gasteiger partial charge >= 0.3 is 5.97 Å². The molecule has 6 heteroatoms. The molecule has 0 aliphatic carbocycles. The van der Waals surface area contributed by atoms with Crippen molar-refractivity contribution in [1.29, 1.82) is 0 Å². The second-order valence-electron chi connectivity index (χ2n) is 3.53. The molecule has 1 aromatic heterocycles. The number of carboxylic acids is 1. The quantitative estimate of drug-likeness (QED) is 0.802. The minimum absolute atomic E-state index is 0.258. The van der Waals surface area contributed by atoms with Crippen LogP contribution in [0.1, 0.15) is 15.2 Å². The standard InChI is InChI=1S/C12H9Br2NO2S/c13-8-2-1-3-9(11(8)12(16)17)15-6-7-4-5-10(14)18-7/h1-5,15H,6H2,(H,16,17). The minimum atomic E-state index is -0.947. The smallest absolute Gasteiger partial charge is 0.338 e. The van der Waals surface area contributed by atoms with Gasteiger partial charge in [-0.1, -0.05) is 6.07 Å². The van der Waals surface area contributed by atoms with Gasteiger partial charge < -0.3 is 10.4 Å². The molecule has 0 saturated heterocycles. The van der Waals surface area contributed by atoms with Gasteiger partial charge in [0.05, 0.1) is 15.0 Å². The molecular weight excluding hydrogens is 382 g/mol. The average Bonchev–Trinajstić information content (AvgIpc) is 2.72. The molecule has 0 atom stereocenters. The van der Waals surface area contributed by atoms with Crippen molar-refractivity contribution in [2.75, 3.05) is 5.32 Å². The van der Waals surface area contributed by atoms with E-state index in [1.807, 2.05) is 18.2 Å². The molecule has 2 N–H and O–H groups in total. The second kappa shape index (κ2) is 5.86. The van der Waals surface area contributed by atoms with Crippen molar-refractivity contribution in [2.45, 2.75) is 6.54 Å². The highest BCUT2D eigenvalue weighted by Gasteiger charge is 2.13. The van der Waals surface area contributed by atoms with Crippen molar-refractivity contribution < 1.29 is 9.90 Å². The molecule has 1 aromatic carbocycles. The average molecular weight is 391 g/mol. The van der Waals surface area contributed by atoms with E-state index in [4.69, 9.17) is 0 Å². The summed E-state index contributed by atoms with van der Waals surface area (Å²) in [6.45, 7) is 0.604. The van der Waals surface area contributed by atoms with Gasteiger partial charge in [-0.3, -0.25) is 0 Å². The molecule has 0 radical (unpaired) electrons. The summed E-state index contributed by atoms with van der Waals surface area (Å²) in [4.78, 5) is 12.3. The number of carbonyl (C=O) groups is 1. The van der Waals surface area contributed by atoms with Crippen LogP contribution in [0.15, 0.2) is 38.6 Å². The first kappa shape index (κ1) is 13.6. The van der Waals surface area contributed by atoms with Crippen molar-refractivity contribution in [1.82, 2.24) is 0 Å². The lowest BCUT2D eigenvalue weighted by atomic mass is 10.2. The third kappa shape index (κ3) is 3.13. The highest BCUT2D eigenvalue weighted by atomic mass is 79.9. The number of nitrogens with one attached hydrogen (secondary N) is 1. The molecule has 94 valence electrons. The Kier molecular flexibility index (Phi) is 4.42. The van der Waals surface area contributed by atoms with E-state index in [1.54, 1.807) is 23.5 Å². The minimum Gasteiger partial charge on any atom is -0.478 e. The summed E-state index contributed by atoms with van der Waals surface area (Å²) in [6.07, 6.45) is 0. The van der Waals surface area contributed by atoms with Crippen molar-refractivity contribution >= 4 is 54.9 Å². The highest BCUT2D eigenvalue weighted by Crippen LogP contribution is 2.27. The fourth-order valence-corrected chi connectivity index (χ4v) is 3.48. The number of carboxylic acid groups (broad SMARTS) is 1. The number of benzene rings is 1. The van der Waals surface area contributed by atoms with Crippen molar-refractivity contribution in [3.05, 3.63) is 49.0 Å². The lowest BCUT2D eigenvalue weighted by Gasteiger charge is -2.09. The summed E-state index contributed by atoms with van der Waals surface area (Å²) < 4.78 is 1.64. The van der Waals surface area contributed by atoms with Gasteiger partial charge in [0, 0.05) is 15.9 Å². The van der Waals surface area contributed by atoms with Crippen LogP contribution in [0, 0.1) is 0 Å². The van der Waals surface area contributed by atoms with E-state index in [0.29, 0.717) is 16.7 Å². The SMILES string of the molecule is O=C(O)c1c(Br)cccc1NCc1ccc(Br)s1. The predicted molar refractivity (Wildman–Crippen MR) is 80.4 cm³/mol. The van der Waals surface area contributed by atoms with Gasteiger partial charge in [0.2, 0.25) is 0 Å². The van der Waals surface area contributed by atoms with Gasteiger partial charge in [-0.15, -0.1) is 11.3 Å². The Bertz CT molecular complexity index is 583. The number of halogens is 2. The fourth-order valence-electron chi connectivity index (χ4n) is 1.52. The highest BCUT2D eigenvalue weighted by molar-refractivity contribution is 9.11. The Labute approximate surface area is 125 Å². The maximum absolute atomic E-state index is 11.2. The summed E-state index contributed by atoms with van der Waals surface area (Å²) in [7, 11) is 0. The van der Waals surface area contributed by atoms with Gasteiger partial charge in [0.25, 0.3) is 0 Å². The molecule has 18 heavy (non-hydrogen) atoms. The molecule has 2 rings (SSSR count). The van der Waals surface area contributed by atoms with Crippen LogP contribution in [0.2, 0.25) is 0 Å². The third-order valence-electron chi connectivity index (χ3n) is 2.31. The molecule has 0 fully saturated rings. The molecular formula is C12H9Br2NO2S. The van der Waals surface area contributed by atoms with Crippen molar-refractivity contribution in [3.63, 3.8) is 0 Å². The first-order valence-electron chi connectivity index (χ1n) is 5.08. The summed E-state index contributed by atoms with van der Waals surface area (Å²) in [5.74, 6) is -0.947. The van der Waals surface area contributed by atoms with E-state index in [2.05, 4.69) is 37.2 Å². The maximum Gasteiger partial charge on any atom is 0.338 e. The van der Waals surface area contributed by atoms with Gasteiger partial charge in [0.1, 0.15) is 0 Å². The number of hydrogen-bond donors (Lipinski definition) is 2. The molecule has 0 spiro atoms. The zero-order chi connectivity index (χ0) is 13.1. The fraction of sp³-hybridized carbons (Fsp3) is 0.0833. The summed E-state index contributed by atoms with van der Waals surface area (Å²) in [5.41, 5.74) is 0.870.